The topological polar surface area (TPSA) is 92.1 Å². The highest BCUT2D eigenvalue weighted by molar-refractivity contribution is 5.85. The number of aromatic nitrogens is 3. The average molecular weight is 408 g/mol. The number of fused-ring (bicyclic) bond motifs is 1. The fourth-order valence-corrected chi connectivity index (χ4v) is 4.31. The molecule has 0 saturated heterocycles. The van der Waals surface area contributed by atoms with Crippen LogP contribution in [0.5, 0.6) is 0 Å². The normalized spacial score (nSPS) is 19.6. The molecule has 7 heteroatoms. The van der Waals surface area contributed by atoms with Crippen LogP contribution >= 0.6 is 0 Å². The van der Waals surface area contributed by atoms with Crippen molar-refractivity contribution in [1.82, 2.24) is 19.9 Å². The number of anilines is 1. The minimum atomic E-state index is -0.916. The number of nitrogens with zero attached hydrogens (tertiary/aromatic N) is 3. The molecular weight excluding hydrogens is 378 g/mol. The van der Waals surface area contributed by atoms with Crippen LogP contribution in [-0.2, 0) is 10.4 Å². The summed E-state index contributed by atoms with van der Waals surface area (Å²) in [6, 6.07) is 10.4. The maximum Gasteiger partial charge on any atom is 0.224 e. The molecule has 1 aliphatic carbocycles. The highest BCUT2D eigenvalue weighted by Crippen LogP contribution is 2.30. The van der Waals surface area contributed by atoms with Gasteiger partial charge < -0.3 is 20.3 Å². The molecule has 0 radical (unpaired) electrons. The molecular formula is C23H29N5O2. The first kappa shape index (κ1) is 20.3. The van der Waals surface area contributed by atoms with E-state index in [-0.39, 0.29) is 11.9 Å². The Morgan fingerprint density at radius 2 is 1.87 bits per heavy atom. The molecule has 0 unspecified atom stereocenters. The number of rotatable bonds is 5. The van der Waals surface area contributed by atoms with E-state index in [0.29, 0.717) is 12.0 Å². The first-order chi connectivity index (χ1) is 14.3. The number of amides is 1. The minimum absolute atomic E-state index is 0.0362. The Morgan fingerprint density at radius 1 is 1.13 bits per heavy atom. The van der Waals surface area contributed by atoms with Crippen LogP contribution in [0, 0.1) is 0 Å². The van der Waals surface area contributed by atoms with E-state index in [4.69, 9.17) is 4.98 Å². The number of hydrogen-bond donors (Lipinski definition) is 3. The van der Waals surface area contributed by atoms with Crippen molar-refractivity contribution in [2.45, 2.75) is 64.1 Å². The van der Waals surface area contributed by atoms with Crippen molar-refractivity contribution < 1.29 is 9.90 Å². The third-order valence-corrected chi connectivity index (χ3v) is 5.75. The molecule has 30 heavy (non-hydrogen) atoms. The van der Waals surface area contributed by atoms with Crippen molar-refractivity contribution >= 4 is 22.8 Å². The van der Waals surface area contributed by atoms with E-state index in [0.717, 1.165) is 48.0 Å². The van der Waals surface area contributed by atoms with E-state index >= 15 is 0 Å². The molecule has 2 heterocycles. The van der Waals surface area contributed by atoms with E-state index in [2.05, 4.69) is 15.6 Å². The second kappa shape index (κ2) is 8.07. The lowest BCUT2D eigenvalue weighted by molar-refractivity contribution is -0.119. The summed E-state index contributed by atoms with van der Waals surface area (Å²) in [6.45, 7) is 5.16. The minimum Gasteiger partial charge on any atom is -0.386 e. The van der Waals surface area contributed by atoms with Crippen LogP contribution in [0.4, 0.5) is 5.95 Å². The largest absolute Gasteiger partial charge is 0.386 e. The summed E-state index contributed by atoms with van der Waals surface area (Å²) in [6.07, 6.45) is 7.60. The van der Waals surface area contributed by atoms with Crippen LogP contribution in [0.1, 0.15) is 52.0 Å². The van der Waals surface area contributed by atoms with Crippen molar-refractivity contribution in [2.75, 3.05) is 5.32 Å². The van der Waals surface area contributed by atoms with Gasteiger partial charge in [0.15, 0.2) is 0 Å². The maximum absolute atomic E-state index is 11.2. The van der Waals surface area contributed by atoms with Crippen molar-refractivity contribution in [3.05, 3.63) is 48.3 Å². The Balaban J connectivity index is 1.53. The summed E-state index contributed by atoms with van der Waals surface area (Å²) in [4.78, 5) is 20.4. The second-order valence-electron chi connectivity index (χ2n) is 8.61. The van der Waals surface area contributed by atoms with E-state index in [1.54, 1.807) is 27.0 Å². The zero-order valence-corrected chi connectivity index (χ0v) is 17.7. The molecule has 0 atom stereocenters. The maximum atomic E-state index is 11.2. The standard InChI is InChI=1S/C23H29N5O2/c1-15(29)25-16-7-9-17(10-8-16)26-22-24-13-11-21(27-22)28-14-12-18-19(23(2,3)30)5-4-6-20(18)28/h4-6,11-14,16-17,30H,7-10H2,1-3H3,(H,25,29)(H,24,26,27)/t16-,17-. The monoisotopic (exact) mass is 407 g/mol. The summed E-state index contributed by atoms with van der Waals surface area (Å²) >= 11 is 0. The van der Waals surface area contributed by atoms with Gasteiger partial charge >= 0.3 is 0 Å². The molecule has 3 aromatic rings. The van der Waals surface area contributed by atoms with E-state index in [1.165, 1.54) is 0 Å². The highest BCUT2D eigenvalue weighted by atomic mass is 16.3. The van der Waals surface area contributed by atoms with Crippen LogP contribution in [0.2, 0.25) is 0 Å². The van der Waals surface area contributed by atoms with Gasteiger partial charge in [-0.2, -0.15) is 4.98 Å². The molecule has 0 spiro atoms. The first-order valence-electron chi connectivity index (χ1n) is 10.5. The Labute approximate surface area is 176 Å². The average Bonchev–Trinajstić information content (AvgIpc) is 3.13. The number of carbonyl (C=O) groups excluding carboxylic acids is 1. The van der Waals surface area contributed by atoms with Crippen LogP contribution in [0.3, 0.4) is 0 Å². The Hall–Kier alpha value is -2.93. The Kier molecular flexibility index (Phi) is 5.47. The van der Waals surface area contributed by atoms with E-state index in [1.807, 2.05) is 41.1 Å². The van der Waals surface area contributed by atoms with Crippen LogP contribution in [0.15, 0.2) is 42.7 Å². The smallest absolute Gasteiger partial charge is 0.224 e. The summed E-state index contributed by atoms with van der Waals surface area (Å²) in [5.74, 6) is 1.42. The molecule has 158 valence electrons. The number of hydrogen-bond acceptors (Lipinski definition) is 5. The van der Waals surface area contributed by atoms with Crippen molar-refractivity contribution in [1.29, 1.82) is 0 Å². The van der Waals surface area contributed by atoms with Gasteiger partial charge in [-0.1, -0.05) is 12.1 Å². The van der Waals surface area contributed by atoms with Gasteiger partial charge in [-0.25, -0.2) is 4.98 Å². The molecule has 2 aromatic heterocycles. The van der Waals surface area contributed by atoms with E-state index in [9.17, 15) is 9.90 Å². The summed E-state index contributed by atoms with van der Waals surface area (Å²) < 4.78 is 2.02. The van der Waals surface area contributed by atoms with Gasteiger partial charge in [-0.3, -0.25) is 4.79 Å². The number of benzene rings is 1. The lowest BCUT2D eigenvalue weighted by Gasteiger charge is -2.29. The Bertz CT molecular complexity index is 1050. The SMILES string of the molecule is CC(=O)N[C@H]1CC[C@H](Nc2nccc(-n3ccc4c(C(C)(C)O)cccc43)n2)CC1. The number of aliphatic hydroxyl groups is 1. The second-order valence-corrected chi connectivity index (χ2v) is 8.61. The van der Waals surface area contributed by atoms with Gasteiger partial charge in [0.05, 0.1) is 11.1 Å². The lowest BCUT2D eigenvalue weighted by Crippen LogP contribution is -2.39. The zero-order chi connectivity index (χ0) is 21.3. The summed E-state index contributed by atoms with van der Waals surface area (Å²) in [5, 5.41) is 18.0. The zero-order valence-electron chi connectivity index (χ0n) is 17.7. The van der Waals surface area contributed by atoms with Crippen molar-refractivity contribution in [3.63, 3.8) is 0 Å². The van der Waals surface area contributed by atoms with Crippen LogP contribution in [-0.4, -0.2) is 37.6 Å². The summed E-state index contributed by atoms with van der Waals surface area (Å²) in [7, 11) is 0. The molecule has 0 bridgehead atoms. The Morgan fingerprint density at radius 3 is 2.57 bits per heavy atom. The molecule has 7 nitrogen and oxygen atoms in total. The lowest BCUT2D eigenvalue weighted by atomic mass is 9.91. The molecule has 1 aromatic carbocycles. The van der Waals surface area contributed by atoms with Gasteiger partial charge in [0.1, 0.15) is 5.82 Å². The van der Waals surface area contributed by atoms with Gasteiger partial charge in [0, 0.05) is 36.8 Å². The molecule has 1 saturated carbocycles. The number of carbonyl (C=O) groups is 1. The van der Waals surface area contributed by atoms with Gasteiger partial charge in [0.25, 0.3) is 0 Å². The predicted molar refractivity (Wildman–Crippen MR) is 118 cm³/mol. The quantitative estimate of drug-likeness (QED) is 0.602. The highest BCUT2D eigenvalue weighted by Gasteiger charge is 2.23. The van der Waals surface area contributed by atoms with Gasteiger partial charge in [-0.15, -0.1) is 0 Å². The summed E-state index contributed by atoms with van der Waals surface area (Å²) in [5.41, 5.74) is 0.970. The van der Waals surface area contributed by atoms with Crippen molar-refractivity contribution in [3.8, 4) is 5.82 Å². The number of nitrogens with one attached hydrogen (secondary N) is 2. The predicted octanol–water partition coefficient (Wildman–Crippen LogP) is 3.51. The van der Waals surface area contributed by atoms with Crippen LogP contribution in [0.25, 0.3) is 16.7 Å². The third kappa shape index (κ3) is 4.31. The molecule has 1 amide bonds. The van der Waals surface area contributed by atoms with Crippen molar-refractivity contribution in [2.24, 2.45) is 0 Å². The van der Waals surface area contributed by atoms with Gasteiger partial charge in [-0.05, 0) is 63.3 Å². The molecule has 1 aliphatic rings. The van der Waals surface area contributed by atoms with Gasteiger partial charge in [0.2, 0.25) is 11.9 Å². The van der Waals surface area contributed by atoms with Crippen LogP contribution < -0.4 is 10.6 Å². The third-order valence-electron chi connectivity index (χ3n) is 5.75. The fraction of sp³-hybridized carbons (Fsp3) is 0.435. The molecule has 1 fully saturated rings. The molecule has 4 rings (SSSR count). The molecule has 0 aliphatic heterocycles. The van der Waals surface area contributed by atoms with E-state index < -0.39 is 5.60 Å². The fourth-order valence-electron chi connectivity index (χ4n) is 4.31. The first-order valence-corrected chi connectivity index (χ1v) is 10.5. The molecule has 3 N–H and O–H groups in total.